The van der Waals surface area contributed by atoms with Crippen LogP contribution < -0.4 is 5.32 Å². The summed E-state index contributed by atoms with van der Waals surface area (Å²) in [4.78, 5) is 12.1. The van der Waals surface area contributed by atoms with Crippen LogP contribution in [0.3, 0.4) is 0 Å². The molecule has 1 aliphatic rings. The third-order valence-corrected chi connectivity index (χ3v) is 3.71. The monoisotopic (exact) mass is 263 g/mol. The lowest BCUT2D eigenvalue weighted by Gasteiger charge is -2.04. The van der Waals surface area contributed by atoms with Crippen molar-refractivity contribution in [3.63, 3.8) is 0 Å². The molecule has 1 saturated heterocycles. The molecule has 2 nitrogen and oxygen atoms in total. The van der Waals surface area contributed by atoms with Gasteiger partial charge in [-0.25, -0.2) is 0 Å². The maximum absolute atomic E-state index is 11.5. The Morgan fingerprint density at radius 2 is 1.94 bits per heavy atom. The molecule has 1 heterocycles. The molecule has 17 heavy (non-hydrogen) atoms. The quantitative estimate of drug-likeness (QED) is 0.655. The topological polar surface area (TPSA) is 29.1 Å². The van der Waals surface area contributed by atoms with Crippen molar-refractivity contribution in [2.24, 2.45) is 0 Å². The first-order valence-corrected chi connectivity index (χ1v) is 6.63. The van der Waals surface area contributed by atoms with E-state index in [1.165, 1.54) is 17.3 Å². The number of carbonyl (C=O) groups excluding carboxylic acids is 1. The first-order valence-electron chi connectivity index (χ1n) is 5.41. The van der Waals surface area contributed by atoms with E-state index in [1.54, 1.807) is 0 Å². The van der Waals surface area contributed by atoms with E-state index in [0.29, 0.717) is 15.1 Å². The maximum atomic E-state index is 11.5. The summed E-state index contributed by atoms with van der Waals surface area (Å²) in [6.45, 7) is 4.32. The SMILES string of the molecule is CC(C)c1ccc(/C=C2\SC(=S)NC2=O)cc1. The van der Waals surface area contributed by atoms with Crippen molar-refractivity contribution in [3.8, 4) is 0 Å². The fourth-order valence-corrected chi connectivity index (χ4v) is 2.59. The Hall–Kier alpha value is -1.13. The van der Waals surface area contributed by atoms with Gasteiger partial charge in [0, 0.05) is 0 Å². The number of thiocarbonyl (C=S) groups is 1. The number of amides is 1. The average molecular weight is 263 g/mol. The molecular weight excluding hydrogens is 250 g/mol. The van der Waals surface area contributed by atoms with E-state index in [4.69, 9.17) is 12.2 Å². The van der Waals surface area contributed by atoms with Gasteiger partial charge < -0.3 is 5.32 Å². The van der Waals surface area contributed by atoms with E-state index >= 15 is 0 Å². The molecule has 1 aromatic rings. The molecule has 0 aliphatic carbocycles. The van der Waals surface area contributed by atoms with Gasteiger partial charge in [-0.15, -0.1) is 0 Å². The Bertz CT molecular complexity index is 489. The molecule has 0 atom stereocenters. The van der Waals surface area contributed by atoms with Crippen LogP contribution in [0, 0.1) is 0 Å². The molecule has 1 N–H and O–H groups in total. The van der Waals surface area contributed by atoms with Crippen LogP contribution in [0.25, 0.3) is 6.08 Å². The summed E-state index contributed by atoms with van der Waals surface area (Å²) in [5.41, 5.74) is 2.32. The summed E-state index contributed by atoms with van der Waals surface area (Å²) in [6.07, 6.45) is 1.86. The molecule has 2 rings (SSSR count). The summed E-state index contributed by atoms with van der Waals surface area (Å²) in [5.74, 6) is 0.418. The molecule has 1 aromatic carbocycles. The molecule has 0 radical (unpaired) electrons. The highest BCUT2D eigenvalue weighted by atomic mass is 32.2. The van der Waals surface area contributed by atoms with Gasteiger partial charge in [0.2, 0.25) is 0 Å². The summed E-state index contributed by atoms with van der Waals surface area (Å²) in [5, 5.41) is 2.60. The summed E-state index contributed by atoms with van der Waals surface area (Å²) in [7, 11) is 0. The minimum Gasteiger partial charge on any atom is -0.307 e. The van der Waals surface area contributed by atoms with Gasteiger partial charge in [-0.05, 0) is 23.1 Å². The third kappa shape index (κ3) is 2.96. The zero-order valence-electron chi connectivity index (χ0n) is 9.69. The van der Waals surface area contributed by atoms with Crippen molar-refractivity contribution in [2.45, 2.75) is 19.8 Å². The maximum Gasteiger partial charge on any atom is 0.263 e. The minimum atomic E-state index is -0.104. The second-order valence-corrected chi connectivity index (χ2v) is 5.89. The highest BCUT2D eigenvalue weighted by Gasteiger charge is 2.21. The Morgan fingerprint density at radius 3 is 2.41 bits per heavy atom. The van der Waals surface area contributed by atoms with Crippen molar-refractivity contribution in [1.82, 2.24) is 5.32 Å². The summed E-state index contributed by atoms with van der Waals surface area (Å²) < 4.78 is 0.528. The van der Waals surface area contributed by atoms with Gasteiger partial charge in [0.15, 0.2) is 0 Å². The van der Waals surface area contributed by atoms with Gasteiger partial charge >= 0.3 is 0 Å². The molecule has 0 saturated carbocycles. The molecule has 0 aromatic heterocycles. The summed E-state index contributed by atoms with van der Waals surface area (Å²) >= 11 is 6.25. The van der Waals surface area contributed by atoms with Crippen LogP contribution in [-0.4, -0.2) is 10.2 Å². The average Bonchev–Trinajstić information content (AvgIpc) is 2.58. The zero-order valence-corrected chi connectivity index (χ0v) is 11.3. The van der Waals surface area contributed by atoms with Crippen LogP contribution in [0.4, 0.5) is 0 Å². The number of hydrogen-bond acceptors (Lipinski definition) is 3. The Balaban J connectivity index is 2.21. The van der Waals surface area contributed by atoms with E-state index in [1.807, 2.05) is 18.2 Å². The van der Waals surface area contributed by atoms with Crippen molar-refractivity contribution >= 4 is 40.3 Å². The highest BCUT2D eigenvalue weighted by molar-refractivity contribution is 8.26. The Labute approximate surface area is 110 Å². The van der Waals surface area contributed by atoms with Gasteiger partial charge in [0.05, 0.1) is 4.91 Å². The number of hydrogen-bond donors (Lipinski definition) is 1. The number of rotatable bonds is 2. The van der Waals surface area contributed by atoms with E-state index in [-0.39, 0.29) is 5.91 Å². The lowest BCUT2D eigenvalue weighted by molar-refractivity contribution is -0.115. The zero-order chi connectivity index (χ0) is 12.4. The normalized spacial score (nSPS) is 17.9. The van der Waals surface area contributed by atoms with Gasteiger partial charge in [0.1, 0.15) is 4.32 Å². The molecular formula is C13H13NOS2. The highest BCUT2D eigenvalue weighted by Crippen LogP contribution is 2.26. The number of benzene rings is 1. The number of carbonyl (C=O) groups is 1. The lowest BCUT2D eigenvalue weighted by Crippen LogP contribution is -2.17. The molecule has 88 valence electrons. The molecule has 1 aliphatic heterocycles. The first-order chi connectivity index (χ1) is 8.06. The largest absolute Gasteiger partial charge is 0.307 e. The number of nitrogens with one attached hydrogen (secondary N) is 1. The van der Waals surface area contributed by atoms with Crippen LogP contribution >= 0.6 is 24.0 Å². The molecule has 4 heteroatoms. The molecule has 0 unspecified atom stereocenters. The first kappa shape index (κ1) is 12.3. The van der Waals surface area contributed by atoms with Gasteiger partial charge in [0.25, 0.3) is 5.91 Å². The van der Waals surface area contributed by atoms with Gasteiger partial charge in [-0.2, -0.15) is 0 Å². The van der Waals surface area contributed by atoms with E-state index in [0.717, 1.165) is 5.56 Å². The molecule has 1 amide bonds. The van der Waals surface area contributed by atoms with E-state index in [2.05, 4.69) is 31.3 Å². The van der Waals surface area contributed by atoms with Gasteiger partial charge in [-0.3, -0.25) is 4.79 Å². The smallest absolute Gasteiger partial charge is 0.263 e. The van der Waals surface area contributed by atoms with E-state index < -0.39 is 0 Å². The third-order valence-electron chi connectivity index (χ3n) is 2.54. The van der Waals surface area contributed by atoms with Crippen LogP contribution in [0.1, 0.15) is 30.9 Å². The molecule has 1 fully saturated rings. The molecule has 0 spiro atoms. The Morgan fingerprint density at radius 1 is 1.29 bits per heavy atom. The van der Waals surface area contributed by atoms with Crippen LogP contribution in [0.2, 0.25) is 0 Å². The van der Waals surface area contributed by atoms with Crippen molar-refractivity contribution < 1.29 is 4.79 Å². The standard InChI is InChI=1S/C13H13NOS2/c1-8(2)10-5-3-9(4-6-10)7-11-12(15)14-13(16)17-11/h3-8H,1-2H3,(H,14,15,16)/b11-7-. The lowest BCUT2D eigenvalue weighted by atomic mass is 10.0. The fraction of sp³-hybridized carbons (Fsp3) is 0.231. The minimum absolute atomic E-state index is 0.104. The van der Waals surface area contributed by atoms with Crippen LogP contribution in [-0.2, 0) is 4.79 Å². The van der Waals surface area contributed by atoms with Gasteiger partial charge in [-0.1, -0.05) is 62.1 Å². The predicted octanol–water partition coefficient (Wildman–Crippen LogP) is 3.30. The van der Waals surface area contributed by atoms with Crippen molar-refractivity contribution in [3.05, 3.63) is 40.3 Å². The van der Waals surface area contributed by atoms with Crippen molar-refractivity contribution in [1.29, 1.82) is 0 Å². The Kier molecular flexibility index (Phi) is 3.64. The second-order valence-electron chi connectivity index (χ2n) is 4.17. The number of thioether (sulfide) groups is 1. The van der Waals surface area contributed by atoms with Crippen LogP contribution in [0.5, 0.6) is 0 Å². The molecule has 0 bridgehead atoms. The van der Waals surface area contributed by atoms with Crippen LogP contribution in [0.15, 0.2) is 29.2 Å². The fourth-order valence-electron chi connectivity index (χ4n) is 1.55. The van der Waals surface area contributed by atoms with E-state index in [9.17, 15) is 4.79 Å². The summed E-state index contributed by atoms with van der Waals surface area (Å²) in [6, 6.07) is 8.23. The second kappa shape index (κ2) is 5.02. The van der Waals surface area contributed by atoms with Crippen molar-refractivity contribution in [2.75, 3.05) is 0 Å². The predicted molar refractivity (Wildman–Crippen MR) is 76.8 cm³/mol.